The number of nitrogens with two attached hydrogens (primary N) is 1. The van der Waals surface area contributed by atoms with Crippen LogP contribution in [0.4, 0.5) is 4.79 Å². The smallest absolute Gasteiger partial charge is 0.332 e. The minimum absolute atomic E-state index is 0.440. The summed E-state index contributed by atoms with van der Waals surface area (Å²) in [6, 6.07) is 12.8. The van der Waals surface area contributed by atoms with E-state index in [-0.39, 0.29) is 0 Å². The molecule has 0 bridgehead atoms. The van der Waals surface area contributed by atoms with Crippen molar-refractivity contribution in [2.75, 3.05) is 20.3 Å². The van der Waals surface area contributed by atoms with Crippen molar-refractivity contribution in [2.24, 2.45) is 10.8 Å². The maximum absolute atomic E-state index is 10.8. The van der Waals surface area contributed by atoms with Gasteiger partial charge in [0.1, 0.15) is 5.75 Å². The molecule has 7 nitrogen and oxygen atoms in total. The van der Waals surface area contributed by atoms with E-state index >= 15 is 0 Å². The largest absolute Gasteiger partial charge is 0.493 e. The maximum atomic E-state index is 10.8. The van der Waals surface area contributed by atoms with Crippen LogP contribution in [0, 0.1) is 0 Å². The SMILES string of the molecule is CCC(C)c1ccccc1OCCCOc1c(C=NNC(N)=O)cccc1OC. The molecule has 0 aliphatic rings. The monoisotopic (exact) mass is 399 g/mol. The molecular weight excluding hydrogens is 370 g/mol. The standard InChI is InChI=1S/C22H29N3O4/c1-4-16(2)18-10-5-6-11-19(18)28-13-8-14-29-21-17(15-24-25-22(23)26)9-7-12-20(21)27-3/h5-7,9-12,15-16H,4,8,13-14H2,1-3H3,(H3,23,25,26). The van der Waals surface area contributed by atoms with E-state index in [0.29, 0.717) is 42.6 Å². The van der Waals surface area contributed by atoms with Gasteiger partial charge >= 0.3 is 6.03 Å². The molecule has 2 rings (SSSR count). The van der Waals surface area contributed by atoms with Crippen LogP contribution in [0.1, 0.15) is 43.7 Å². The van der Waals surface area contributed by atoms with Crippen LogP contribution in [0.2, 0.25) is 0 Å². The van der Waals surface area contributed by atoms with Gasteiger partial charge in [0.15, 0.2) is 11.5 Å². The molecule has 0 spiro atoms. The average Bonchev–Trinajstić information content (AvgIpc) is 2.73. The Bertz CT molecular complexity index is 823. The van der Waals surface area contributed by atoms with Crippen molar-refractivity contribution in [3.05, 3.63) is 53.6 Å². The minimum atomic E-state index is -0.735. The van der Waals surface area contributed by atoms with E-state index in [9.17, 15) is 4.79 Å². The number of carbonyl (C=O) groups is 1. The van der Waals surface area contributed by atoms with Crippen LogP contribution >= 0.6 is 0 Å². The highest BCUT2D eigenvalue weighted by atomic mass is 16.5. The second kappa shape index (κ2) is 11.6. The molecule has 0 heterocycles. The molecule has 156 valence electrons. The van der Waals surface area contributed by atoms with Crippen molar-refractivity contribution < 1.29 is 19.0 Å². The molecule has 0 aliphatic carbocycles. The first-order chi connectivity index (χ1) is 14.1. The van der Waals surface area contributed by atoms with Gasteiger partial charge in [-0.1, -0.05) is 38.1 Å². The van der Waals surface area contributed by atoms with Crippen LogP contribution in [-0.2, 0) is 0 Å². The molecule has 3 N–H and O–H groups in total. The third kappa shape index (κ3) is 6.71. The number of benzene rings is 2. The number of methoxy groups -OCH3 is 1. The lowest BCUT2D eigenvalue weighted by molar-refractivity contribution is 0.238. The molecule has 1 atom stereocenters. The van der Waals surface area contributed by atoms with Crippen molar-refractivity contribution in [2.45, 2.75) is 32.6 Å². The number of primary amides is 1. The Labute approximate surface area is 171 Å². The normalized spacial score (nSPS) is 11.8. The first-order valence-electron chi connectivity index (χ1n) is 9.66. The summed E-state index contributed by atoms with van der Waals surface area (Å²) >= 11 is 0. The molecule has 2 aromatic carbocycles. The van der Waals surface area contributed by atoms with E-state index in [1.165, 1.54) is 11.8 Å². The predicted octanol–water partition coefficient (Wildman–Crippen LogP) is 4.06. The van der Waals surface area contributed by atoms with Gasteiger partial charge in [-0.15, -0.1) is 0 Å². The Balaban J connectivity index is 1.94. The molecule has 7 heteroatoms. The number of amides is 2. The molecule has 0 aromatic heterocycles. The maximum Gasteiger partial charge on any atom is 0.332 e. The van der Waals surface area contributed by atoms with Crippen molar-refractivity contribution in [3.8, 4) is 17.2 Å². The van der Waals surface area contributed by atoms with Crippen molar-refractivity contribution in [1.82, 2.24) is 5.43 Å². The van der Waals surface area contributed by atoms with Crippen LogP contribution in [0.15, 0.2) is 47.6 Å². The number of hydrogen-bond donors (Lipinski definition) is 2. The van der Waals surface area contributed by atoms with E-state index in [1.54, 1.807) is 13.2 Å². The van der Waals surface area contributed by atoms with E-state index in [1.807, 2.05) is 30.3 Å². The molecule has 2 aromatic rings. The second-order valence-electron chi connectivity index (χ2n) is 6.51. The van der Waals surface area contributed by atoms with Crippen LogP contribution in [0.5, 0.6) is 17.2 Å². The second-order valence-corrected chi connectivity index (χ2v) is 6.51. The zero-order valence-corrected chi connectivity index (χ0v) is 17.2. The fourth-order valence-corrected chi connectivity index (χ4v) is 2.77. The van der Waals surface area contributed by atoms with Crippen LogP contribution in [0.3, 0.4) is 0 Å². The van der Waals surface area contributed by atoms with E-state index < -0.39 is 6.03 Å². The molecular formula is C22H29N3O4. The topological polar surface area (TPSA) is 95.2 Å². The summed E-state index contributed by atoms with van der Waals surface area (Å²) in [4.78, 5) is 10.8. The summed E-state index contributed by atoms with van der Waals surface area (Å²) < 4.78 is 17.3. The van der Waals surface area contributed by atoms with Crippen molar-refractivity contribution in [3.63, 3.8) is 0 Å². The number of para-hydroxylation sites is 2. The number of nitrogens with one attached hydrogen (secondary N) is 1. The fraction of sp³-hybridized carbons (Fsp3) is 0.364. The summed E-state index contributed by atoms with van der Waals surface area (Å²) in [5.74, 6) is 2.50. The Kier molecular flexibility index (Phi) is 8.82. The highest BCUT2D eigenvalue weighted by Crippen LogP contribution is 2.31. The van der Waals surface area contributed by atoms with Gasteiger partial charge in [0.25, 0.3) is 0 Å². The van der Waals surface area contributed by atoms with Gasteiger partial charge in [0.05, 0.1) is 26.5 Å². The van der Waals surface area contributed by atoms with Gasteiger partial charge in [-0.3, -0.25) is 0 Å². The highest BCUT2D eigenvalue weighted by molar-refractivity contribution is 5.86. The quantitative estimate of drug-likeness (QED) is 0.338. The number of nitrogens with zero attached hydrogens (tertiary/aromatic N) is 1. The summed E-state index contributed by atoms with van der Waals surface area (Å²) in [6.45, 7) is 5.34. The van der Waals surface area contributed by atoms with Gasteiger partial charge in [-0.05, 0) is 36.1 Å². The van der Waals surface area contributed by atoms with E-state index in [4.69, 9.17) is 19.9 Å². The number of urea groups is 1. The molecule has 29 heavy (non-hydrogen) atoms. The first kappa shape index (κ1) is 22.1. The first-order valence-corrected chi connectivity index (χ1v) is 9.66. The Morgan fingerprint density at radius 3 is 2.59 bits per heavy atom. The molecule has 1 unspecified atom stereocenters. The van der Waals surface area contributed by atoms with E-state index in [2.05, 4.69) is 30.4 Å². The molecule has 0 radical (unpaired) electrons. The van der Waals surface area contributed by atoms with Crippen molar-refractivity contribution in [1.29, 1.82) is 0 Å². The number of hydrazone groups is 1. The number of carbonyl (C=O) groups excluding carboxylic acids is 1. The van der Waals surface area contributed by atoms with Crippen LogP contribution in [-0.4, -0.2) is 32.6 Å². The highest BCUT2D eigenvalue weighted by Gasteiger charge is 2.11. The third-order valence-electron chi connectivity index (χ3n) is 4.46. The summed E-state index contributed by atoms with van der Waals surface area (Å²) in [5.41, 5.74) is 9.07. The predicted molar refractivity (Wildman–Crippen MR) is 114 cm³/mol. The van der Waals surface area contributed by atoms with Gasteiger partial charge in [-0.25, -0.2) is 10.2 Å². The molecule has 2 amide bonds. The van der Waals surface area contributed by atoms with E-state index in [0.717, 1.165) is 12.2 Å². The van der Waals surface area contributed by atoms with Gasteiger partial charge in [0.2, 0.25) is 0 Å². The fourth-order valence-electron chi connectivity index (χ4n) is 2.77. The van der Waals surface area contributed by atoms with Crippen LogP contribution < -0.4 is 25.4 Å². The lowest BCUT2D eigenvalue weighted by atomic mass is 9.98. The van der Waals surface area contributed by atoms with Gasteiger partial charge < -0.3 is 19.9 Å². The molecule has 0 fully saturated rings. The number of hydrogen-bond acceptors (Lipinski definition) is 5. The Hall–Kier alpha value is -3.22. The lowest BCUT2D eigenvalue weighted by Crippen LogP contribution is -2.24. The molecule has 0 saturated heterocycles. The summed E-state index contributed by atoms with van der Waals surface area (Å²) in [6.07, 6.45) is 3.22. The van der Waals surface area contributed by atoms with Crippen LogP contribution in [0.25, 0.3) is 0 Å². The number of rotatable bonds is 11. The number of ether oxygens (including phenoxy) is 3. The Morgan fingerprint density at radius 2 is 1.86 bits per heavy atom. The lowest BCUT2D eigenvalue weighted by Gasteiger charge is -2.16. The van der Waals surface area contributed by atoms with Crippen molar-refractivity contribution >= 4 is 12.2 Å². The third-order valence-corrected chi connectivity index (χ3v) is 4.46. The van der Waals surface area contributed by atoms with Gasteiger partial charge in [0, 0.05) is 12.0 Å². The van der Waals surface area contributed by atoms with Gasteiger partial charge in [-0.2, -0.15) is 5.10 Å². The molecule has 0 saturated carbocycles. The molecule has 0 aliphatic heterocycles. The minimum Gasteiger partial charge on any atom is -0.493 e. The summed E-state index contributed by atoms with van der Waals surface area (Å²) in [7, 11) is 1.57. The Morgan fingerprint density at radius 1 is 1.14 bits per heavy atom. The zero-order valence-electron chi connectivity index (χ0n) is 17.2. The summed E-state index contributed by atoms with van der Waals surface area (Å²) in [5, 5.41) is 3.79. The average molecular weight is 399 g/mol. The zero-order chi connectivity index (χ0) is 21.1.